The zero-order chi connectivity index (χ0) is 13.2. The van der Waals surface area contributed by atoms with Crippen molar-refractivity contribution in [3.05, 3.63) is 20.7 Å². The van der Waals surface area contributed by atoms with Gasteiger partial charge in [-0.25, -0.2) is 4.79 Å². The van der Waals surface area contributed by atoms with Crippen LogP contribution in [0.2, 0.25) is 0 Å². The van der Waals surface area contributed by atoms with Crippen molar-refractivity contribution in [3.63, 3.8) is 0 Å². The van der Waals surface area contributed by atoms with E-state index in [2.05, 4.69) is 10.1 Å². The number of aliphatic hydroxyl groups is 1. The number of aromatic nitrogens is 3. The Morgan fingerprint density at radius 3 is 2.71 bits per heavy atom. The van der Waals surface area contributed by atoms with E-state index in [4.69, 9.17) is 5.11 Å². The molecule has 8 nitrogen and oxygen atoms in total. The maximum Gasteiger partial charge on any atom is 0.339 e. The van der Waals surface area contributed by atoms with Crippen LogP contribution in [-0.4, -0.2) is 42.3 Å². The Kier molecular flexibility index (Phi) is 3.73. The molecule has 1 aromatic rings. The van der Waals surface area contributed by atoms with Gasteiger partial charge in [0.05, 0.1) is 0 Å². The lowest BCUT2D eigenvalue weighted by atomic mass is 10.1. The molecular formula is C8H11N3O5S. The van der Waals surface area contributed by atoms with Gasteiger partial charge in [-0.2, -0.15) is 4.98 Å². The first-order valence-corrected chi connectivity index (χ1v) is 5.48. The summed E-state index contributed by atoms with van der Waals surface area (Å²) in [4.78, 5) is 36.0. The van der Waals surface area contributed by atoms with Crippen molar-refractivity contribution in [2.24, 2.45) is 7.05 Å². The first-order valence-electron chi connectivity index (χ1n) is 4.50. The van der Waals surface area contributed by atoms with E-state index >= 15 is 0 Å². The molecule has 1 atom stereocenters. The number of H-pyrrole nitrogens is 1. The molecule has 0 aliphatic carbocycles. The lowest BCUT2D eigenvalue weighted by Crippen LogP contribution is -2.38. The normalized spacial score (nSPS) is 14.3. The molecule has 94 valence electrons. The molecule has 0 aliphatic heterocycles. The van der Waals surface area contributed by atoms with E-state index in [0.717, 1.165) is 18.7 Å². The van der Waals surface area contributed by atoms with Gasteiger partial charge in [0.25, 0.3) is 0 Å². The van der Waals surface area contributed by atoms with Gasteiger partial charge in [0.1, 0.15) is 0 Å². The van der Waals surface area contributed by atoms with Crippen LogP contribution in [0.1, 0.15) is 6.92 Å². The highest BCUT2D eigenvalue weighted by molar-refractivity contribution is 7.99. The standard InChI is InChI=1S/C8H11N3O5S/c1-8(16,6(14)15)3-17-7-9-4(12)5(13)10-11(7)2/h16H,3H2,1-2H3,(H,10,13)(H,14,15). The number of aryl methyl sites for hydroxylation is 1. The third kappa shape index (κ3) is 3.17. The van der Waals surface area contributed by atoms with Crippen LogP contribution in [-0.2, 0) is 11.8 Å². The average Bonchev–Trinajstić information content (AvgIpc) is 2.21. The highest BCUT2D eigenvalue weighted by Gasteiger charge is 2.30. The van der Waals surface area contributed by atoms with E-state index < -0.39 is 22.7 Å². The van der Waals surface area contributed by atoms with Crippen molar-refractivity contribution < 1.29 is 15.0 Å². The fraction of sp³-hybridized carbons (Fsp3) is 0.500. The maximum absolute atomic E-state index is 11.0. The number of carboxylic acid groups (broad SMARTS) is 1. The Labute approximate surface area is 99.3 Å². The van der Waals surface area contributed by atoms with Gasteiger partial charge in [-0.05, 0) is 6.92 Å². The summed E-state index contributed by atoms with van der Waals surface area (Å²) in [5.41, 5.74) is -3.75. The SMILES string of the molecule is Cn1[nH]c(=O)c(=O)nc1SCC(C)(O)C(=O)O. The smallest absolute Gasteiger partial charge is 0.339 e. The summed E-state index contributed by atoms with van der Waals surface area (Å²) in [6, 6.07) is 0. The summed E-state index contributed by atoms with van der Waals surface area (Å²) in [7, 11) is 1.45. The molecule has 0 saturated carbocycles. The van der Waals surface area contributed by atoms with Crippen LogP contribution < -0.4 is 11.1 Å². The summed E-state index contributed by atoms with van der Waals surface area (Å²) >= 11 is 0.856. The van der Waals surface area contributed by atoms with Gasteiger partial charge >= 0.3 is 17.1 Å². The van der Waals surface area contributed by atoms with Gasteiger partial charge in [-0.1, -0.05) is 11.8 Å². The molecule has 0 radical (unpaired) electrons. The molecule has 0 amide bonds. The molecule has 1 unspecified atom stereocenters. The van der Waals surface area contributed by atoms with E-state index in [0.29, 0.717) is 0 Å². The van der Waals surface area contributed by atoms with Crippen LogP contribution in [0.25, 0.3) is 0 Å². The summed E-state index contributed by atoms with van der Waals surface area (Å²) in [6.07, 6.45) is 0. The molecule has 1 rings (SSSR count). The topological polar surface area (TPSA) is 125 Å². The maximum atomic E-state index is 11.0. The van der Waals surface area contributed by atoms with Crippen LogP contribution in [0.15, 0.2) is 14.7 Å². The third-order valence-electron chi connectivity index (χ3n) is 1.89. The van der Waals surface area contributed by atoms with Gasteiger partial charge in [0.2, 0.25) is 0 Å². The zero-order valence-corrected chi connectivity index (χ0v) is 9.95. The van der Waals surface area contributed by atoms with Gasteiger partial charge in [0, 0.05) is 12.8 Å². The van der Waals surface area contributed by atoms with Crippen LogP contribution in [0, 0.1) is 0 Å². The highest BCUT2D eigenvalue weighted by atomic mass is 32.2. The van der Waals surface area contributed by atoms with Crippen molar-refractivity contribution in [2.45, 2.75) is 17.7 Å². The molecule has 1 aromatic heterocycles. The first kappa shape index (κ1) is 13.5. The number of nitrogens with zero attached hydrogens (tertiary/aromatic N) is 2. The molecule has 0 fully saturated rings. The van der Waals surface area contributed by atoms with Gasteiger partial charge < -0.3 is 10.2 Å². The number of rotatable bonds is 4. The number of aliphatic carboxylic acids is 1. The fourth-order valence-corrected chi connectivity index (χ4v) is 1.78. The predicted octanol–water partition coefficient (Wildman–Crippen LogP) is -1.60. The Balaban J connectivity index is 2.91. The zero-order valence-electron chi connectivity index (χ0n) is 9.13. The molecule has 0 aliphatic rings. The van der Waals surface area contributed by atoms with Gasteiger partial charge in [-0.15, -0.1) is 0 Å². The quantitative estimate of drug-likeness (QED) is 0.440. The Morgan fingerprint density at radius 1 is 1.59 bits per heavy atom. The minimum Gasteiger partial charge on any atom is -0.479 e. The highest BCUT2D eigenvalue weighted by Crippen LogP contribution is 2.18. The molecule has 17 heavy (non-hydrogen) atoms. The first-order chi connectivity index (χ1) is 7.74. The Bertz CT molecular complexity index is 547. The Hall–Kier alpha value is -1.61. The second-order valence-corrected chi connectivity index (χ2v) is 4.51. The van der Waals surface area contributed by atoms with Crippen molar-refractivity contribution in [1.29, 1.82) is 0 Å². The number of aromatic amines is 1. The third-order valence-corrected chi connectivity index (χ3v) is 3.22. The molecule has 1 heterocycles. The van der Waals surface area contributed by atoms with Crippen molar-refractivity contribution in [2.75, 3.05) is 5.75 Å². The minimum atomic E-state index is -1.93. The summed E-state index contributed by atoms with van der Waals surface area (Å²) in [5, 5.41) is 20.5. The second kappa shape index (κ2) is 4.72. The van der Waals surface area contributed by atoms with E-state index in [1.165, 1.54) is 11.7 Å². The van der Waals surface area contributed by atoms with Crippen LogP contribution in [0.4, 0.5) is 0 Å². The lowest BCUT2D eigenvalue weighted by Gasteiger charge is -2.17. The molecule has 0 saturated heterocycles. The molecule has 0 aromatic carbocycles. The van der Waals surface area contributed by atoms with E-state index in [-0.39, 0.29) is 10.9 Å². The molecular weight excluding hydrogens is 250 g/mol. The number of thioether (sulfide) groups is 1. The van der Waals surface area contributed by atoms with E-state index in [1.807, 2.05) is 0 Å². The van der Waals surface area contributed by atoms with Crippen molar-refractivity contribution >= 4 is 17.7 Å². The summed E-state index contributed by atoms with van der Waals surface area (Å²) in [5.74, 6) is -1.58. The molecule has 3 N–H and O–H groups in total. The van der Waals surface area contributed by atoms with Crippen LogP contribution >= 0.6 is 11.8 Å². The van der Waals surface area contributed by atoms with E-state index in [9.17, 15) is 19.5 Å². The average molecular weight is 261 g/mol. The lowest BCUT2D eigenvalue weighted by molar-refractivity contribution is -0.154. The number of nitrogens with one attached hydrogen (secondary N) is 1. The minimum absolute atomic E-state index is 0.121. The fourth-order valence-electron chi connectivity index (χ4n) is 0.857. The molecule has 0 bridgehead atoms. The Morgan fingerprint density at radius 2 is 2.18 bits per heavy atom. The number of carbonyl (C=O) groups is 1. The van der Waals surface area contributed by atoms with Crippen LogP contribution in [0.5, 0.6) is 0 Å². The number of hydrogen-bond donors (Lipinski definition) is 3. The van der Waals surface area contributed by atoms with Crippen molar-refractivity contribution in [1.82, 2.24) is 14.8 Å². The van der Waals surface area contributed by atoms with Gasteiger partial charge in [-0.3, -0.25) is 19.4 Å². The molecule has 9 heteroatoms. The largest absolute Gasteiger partial charge is 0.479 e. The summed E-state index contributed by atoms with van der Waals surface area (Å²) in [6.45, 7) is 1.13. The predicted molar refractivity (Wildman–Crippen MR) is 59.1 cm³/mol. The number of carboxylic acids is 1. The van der Waals surface area contributed by atoms with Gasteiger partial charge in [0.15, 0.2) is 10.8 Å². The second-order valence-electron chi connectivity index (χ2n) is 3.57. The summed E-state index contributed by atoms with van der Waals surface area (Å²) < 4.78 is 1.19. The number of hydrogen-bond acceptors (Lipinski definition) is 6. The van der Waals surface area contributed by atoms with Crippen LogP contribution in [0.3, 0.4) is 0 Å². The van der Waals surface area contributed by atoms with E-state index in [1.54, 1.807) is 0 Å². The monoisotopic (exact) mass is 261 g/mol. The molecule has 0 spiro atoms. The van der Waals surface area contributed by atoms with Crippen molar-refractivity contribution in [3.8, 4) is 0 Å².